The van der Waals surface area contributed by atoms with Crippen LogP contribution in [0.25, 0.3) is 0 Å². The lowest BCUT2D eigenvalue weighted by Gasteiger charge is -2.28. The van der Waals surface area contributed by atoms with Crippen molar-refractivity contribution in [2.24, 2.45) is 0 Å². The van der Waals surface area contributed by atoms with Crippen LogP contribution in [0.4, 0.5) is 9.59 Å². The van der Waals surface area contributed by atoms with Crippen molar-refractivity contribution in [2.75, 3.05) is 26.5 Å². The normalized spacial score (nSPS) is 19.4. The molecule has 1 heterocycles. The van der Waals surface area contributed by atoms with Gasteiger partial charge in [-0.3, -0.25) is 4.18 Å². The SMILES string of the molecule is CN(C(=O)OCc1ccccc1)[C@@H]1C[C@H](COS(C)(=O)=O)N(C(=O)OC(C)(C)C)C1. The van der Waals surface area contributed by atoms with Crippen molar-refractivity contribution < 1.29 is 31.7 Å². The first-order chi connectivity index (χ1) is 13.9. The van der Waals surface area contributed by atoms with Crippen molar-refractivity contribution >= 4 is 22.3 Å². The van der Waals surface area contributed by atoms with E-state index >= 15 is 0 Å². The van der Waals surface area contributed by atoms with Gasteiger partial charge in [-0.05, 0) is 32.8 Å². The predicted octanol–water partition coefficient (Wildman–Crippen LogP) is 2.61. The highest BCUT2D eigenvalue weighted by Crippen LogP contribution is 2.25. The lowest BCUT2D eigenvalue weighted by atomic mass is 10.1. The van der Waals surface area contributed by atoms with E-state index in [4.69, 9.17) is 13.7 Å². The Kier molecular flexibility index (Phi) is 7.70. The first-order valence-electron chi connectivity index (χ1n) is 9.63. The largest absolute Gasteiger partial charge is 0.445 e. The molecule has 0 N–H and O–H groups in total. The highest BCUT2D eigenvalue weighted by Gasteiger charge is 2.41. The van der Waals surface area contributed by atoms with E-state index in [0.29, 0.717) is 6.42 Å². The van der Waals surface area contributed by atoms with E-state index in [-0.39, 0.29) is 25.8 Å². The van der Waals surface area contributed by atoms with E-state index in [1.165, 1.54) is 9.80 Å². The van der Waals surface area contributed by atoms with Crippen LogP contribution in [-0.2, 0) is 30.4 Å². The maximum absolute atomic E-state index is 12.6. The fraction of sp³-hybridized carbons (Fsp3) is 0.600. The summed E-state index contributed by atoms with van der Waals surface area (Å²) in [5.41, 5.74) is 0.151. The van der Waals surface area contributed by atoms with Crippen molar-refractivity contribution in [1.82, 2.24) is 9.80 Å². The number of carbonyl (C=O) groups is 2. The third-order valence-corrected chi connectivity index (χ3v) is 5.10. The summed E-state index contributed by atoms with van der Waals surface area (Å²) in [5, 5.41) is 0. The van der Waals surface area contributed by atoms with Gasteiger partial charge in [0.1, 0.15) is 12.2 Å². The molecular weight excluding hydrogens is 412 g/mol. The molecule has 1 aromatic rings. The maximum Gasteiger partial charge on any atom is 0.410 e. The summed E-state index contributed by atoms with van der Waals surface area (Å²) in [6.07, 6.45) is 0.173. The third kappa shape index (κ3) is 7.49. The second-order valence-electron chi connectivity index (χ2n) is 8.32. The van der Waals surface area contributed by atoms with Crippen molar-refractivity contribution in [1.29, 1.82) is 0 Å². The predicted molar refractivity (Wildman–Crippen MR) is 110 cm³/mol. The summed E-state index contributed by atoms with van der Waals surface area (Å²) < 4.78 is 38.5. The van der Waals surface area contributed by atoms with Crippen LogP contribution in [0, 0.1) is 0 Å². The molecule has 0 aliphatic carbocycles. The number of likely N-dealkylation sites (tertiary alicyclic amines) is 1. The van der Waals surface area contributed by atoms with Gasteiger partial charge in [-0.2, -0.15) is 8.42 Å². The van der Waals surface area contributed by atoms with E-state index in [0.717, 1.165) is 11.8 Å². The molecule has 9 nitrogen and oxygen atoms in total. The standard InChI is InChI=1S/C20H30N2O7S/c1-20(2,3)29-19(24)22-12-16(11-17(22)14-28-30(5,25)26)21(4)18(23)27-13-15-9-7-6-8-10-15/h6-10,16-17H,11-14H2,1-5H3/t16-,17-/m1/s1. The van der Waals surface area contributed by atoms with E-state index in [1.807, 2.05) is 30.3 Å². The first-order valence-corrected chi connectivity index (χ1v) is 11.4. The van der Waals surface area contributed by atoms with Gasteiger partial charge in [0.05, 0.1) is 24.9 Å². The zero-order valence-electron chi connectivity index (χ0n) is 18.0. The number of hydrogen-bond donors (Lipinski definition) is 0. The topological polar surface area (TPSA) is 102 Å². The molecule has 0 aromatic heterocycles. The van der Waals surface area contributed by atoms with Crippen molar-refractivity contribution in [3.05, 3.63) is 35.9 Å². The second kappa shape index (κ2) is 9.65. The Labute approximate surface area is 178 Å². The molecule has 0 spiro atoms. The molecule has 168 valence electrons. The molecule has 30 heavy (non-hydrogen) atoms. The fourth-order valence-corrected chi connectivity index (χ4v) is 3.45. The number of rotatable bonds is 6. The number of benzene rings is 1. The minimum atomic E-state index is -3.67. The van der Waals surface area contributed by atoms with Crippen LogP contribution in [0.5, 0.6) is 0 Å². The fourth-order valence-electron chi connectivity index (χ4n) is 3.05. The van der Waals surface area contributed by atoms with Crippen molar-refractivity contribution in [3.63, 3.8) is 0 Å². The van der Waals surface area contributed by atoms with Gasteiger partial charge < -0.3 is 19.3 Å². The first kappa shape index (κ1) is 23.9. The lowest BCUT2D eigenvalue weighted by Crippen LogP contribution is -2.43. The number of carbonyl (C=O) groups excluding carboxylic acids is 2. The average molecular weight is 443 g/mol. The average Bonchev–Trinajstić information content (AvgIpc) is 3.07. The molecule has 2 rings (SSSR count). The van der Waals surface area contributed by atoms with Crippen LogP contribution in [0.2, 0.25) is 0 Å². The van der Waals surface area contributed by atoms with Gasteiger partial charge >= 0.3 is 12.2 Å². The second-order valence-corrected chi connectivity index (χ2v) is 9.96. The molecule has 1 fully saturated rings. The Morgan fingerprint density at radius 1 is 1.20 bits per heavy atom. The van der Waals surface area contributed by atoms with Gasteiger partial charge in [0.2, 0.25) is 0 Å². The molecule has 0 saturated carbocycles. The summed E-state index contributed by atoms with van der Waals surface area (Å²) in [5.74, 6) is 0. The van der Waals surface area contributed by atoms with Gasteiger partial charge in [0, 0.05) is 13.6 Å². The highest BCUT2D eigenvalue weighted by molar-refractivity contribution is 7.85. The van der Waals surface area contributed by atoms with E-state index < -0.39 is 33.9 Å². The van der Waals surface area contributed by atoms with Crippen LogP contribution in [0.3, 0.4) is 0 Å². The van der Waals surface area contributed by atoms with E-state index in [2.05, 4.69) is 0 Å². The number of hydrogen-bond acceptors (Lipinski definition) is 7. The monoisotopic (exact) mass is 442 g/mol. The van der Waals surface area contributed by atoms with Gasteiger partial charge in [-0.1, -0.05) is 30.3 Å². The number of nitrogens with zero attached hydrogens (tertiary/aromatic N) is 2. The van der Waals surface area contributed by atoms with E-state index in [9.17, 15) is 18.0 Å². The Bertz CT molecular complexity index is 836. The maximum atomic E-state index is 12.6. The number of amides is 2. The molecule has 1 aromatic carbocycles. The van der Waals surface area contributed by atoms with Crippen LogP contribution >= 0.6 is 0 Å². The van der Waals surface area contributed by atoms with Gasteiger partial charge in [-0.15, -0.1) is 0 Å². The molecule has 1 aliphatic rings. The van der Waals surface area contributed by atoms with Crippen LogP contribution in [0.1, 0.15) is 32.8 Å². The number of likely N-dealkylation sites (N-methyl/N-ethyl adjacent to an activating group) is 1. The van der Waals surface area contributed by atoms with Gasteiger partial charge in [0.25, 0.3) is 10.1 Å². The Balaban J connectivity index is 2.04. The summed E-state index contributed by atoms with van der Waals surface area (Å²) in [6.45, 7) is 5.34. The lowest BCUT2D eigenvalue weighted by molar-refractivity contribution is 0.0179. The van der Waals surface area contributed by atoms with Crippen LogP contribution in [-0.4, -0.2) is 74.5 Å². The van der Waals surface area contributed by atoms with E-state index in [1.54, 1.807) is 27.8 Å². The van der Waals surface area contributed by atoms with Crippen molar-refractivity contribution in [2.45, 2.75) is 51.5 Å². The summed E-state index contributed by atoms with van der Waals surface area (Å²) >= 11 is 0. The smallest absolute Gasteiger partial charge is 0.410 e. The molecule has 2 atom stereocenters. The summed E-state index contributed by atoms with van der Waals surface area (Å²) in [7, 11) is -2.08. The Morgan fingerprint density at radius 2 is 1.83 bits per heavy atom. The molecule has 1 saturated heterocycles. The zero-order valence-corrected chi connectivity index (χ0v) is 18.8. The molecule has 2 amide bonds. The van der Waals surface area contributed by atoms with Crippen LogP contribution < -0.4 is 0 Å². The van der Waals surface area contributed by atoms with Gasteiger partial charge in [-0.25, -0.2) is 9.59 Å². The molecular formula is C20H30N2O7S. The molecule has 0 unspecified atom stereocenters. The quantitative estimate of drug-likeness (QED) is 0.624. The van der Waals surface area contributed by atoms with Gasteiger partial charge in [0.15, 0.2) is 0 Å². The highest BCUT2D eigenvalue weighted by atomic mass is 32.2. The summed E-state index contributed by atoms with van der Waals surface area (Å²) in [6, 6.07) is 8.37. The Hall–Kier alpha value is -2.33. The Morgan fingerprint density at radius 3 is 2.40 bits per heavy atom. The molecule has 1 aliphatic heterocycles. The molecule has 0 bridgehead atoms. The number of ether oxygens (including phenoxy) is 2. The minimum absolute atomic E-state index is 0.132. The van der Waals surface area contributed by atoms with Crippen LogP contribution in [0.15, 0.2) is 30.3 Å². The van der Waals surface area contributed by atoms with Crippen molar-refractivity contribution in [3.8, 4) is 0 Å². The molecule has 0 radical (unpaired) electrons. The third-order valence-electron chi connectivity index (χ3n) is 4.54. The summed E-state index contributed by atoms with van der Waals surface area (Å²) in [4.78, 5) is 27.9. The minimum Gasteiger partial charge on any atom is -0.445 e. The zero-order chi connectivity index (χ0) is 22.5. The molecule has 10 heteroatoms.